The fourth-order valence-corrected chi connectivity index (χ4v) is 3.79. The predicted molar refractivity (Wildman–Crippen MR) is 166 cm³/mol. The predicted octanol–water partition coefficient (Wildman–Crippen LogP) is 6.43. The van der Waals surface area contributed by atoms with Crippen molar-refractivity contribution in [1.82, 2.24) is 0 Å². The number of benzene rings is 3. The molecule has 0 amide bonds. The minimum Gasteiger partial charge on any atom is -0.494 e. The lowest BCUT2D eigenvalue weighted by Gasteiger charge is -2.10. The van der Waals surface area contributed by atoms with Crippen LogP contribution in [0, 0.1) is 5.82 Å². The Hall–Kier alpha value is -5.45. The number of hydrogen-bond acceptors (Lipinski definition) is 10. The molecule has 0 spiro atoms. The molecule has 0 aromatic heterocycles. The Morgan fingerprint density at radius 2 is 1.02 bits per heavy atom. The summed E-state index contributed by atoms with van der Waals surface area (Å²) in [6.07, 6.45) is 6.07. The highest BCUT2D eigenvalue weighted by Crippen LogP contribution is 2.25. The van der Waals surface area contributed by atoms with E-state index in [1.807, 2.05) is 0 Å². The van der Waals surface area contributed by atoms with Crippen molar-refractivity contribution >= 4 is 23.9 Å². The number of halogens is 1. The summed E-state index contributed by atoms with van der Waals surface area (Å²) in [5.41, 5.74) is 0.402. The molecule has 0 aliphatic carbocycles. The fraction of sp³-hybridized carbons (Fsp3) is 0.257. The van der Waals surface area contributed by atoms with Crippen molar-refractivity contribution in [2.45, 2.75) is 32.1 Å². The SMILES string of the molecule is C=CC(=O)OCCCCCCOc1ccc(C(=O)Oc2ccc(OC(=O)c3ccc(OCCCOC(=O)C=C)cc3)c(F)c2)cc1. The summed E-state index contributed by atoms with van der Waals surface area (Å²) >= 11 is 0. The minimum atomic E-state index is -0.891. The largest absolute Gasteiger partial charge is 0.494 e. The molecule has 0 fully saturated rings. The van der Waals surface area contributed by atoms with Gasteiger partial charge in [-0.05, 0) is 86.3 Å². The molecule has 0 heterocycles. The Labute approximate surface area is 266 Å². The van der Waals surface area contributed by atoms with Gasteiger partial charge in [0.2, 0.25) is 0 Å². The van der Waals surface area contributed by atoms with E-state index in [0.717, 1.165) is 43.9 Å². The van der Waals surface area contributed by atoms with Crippen molar-refractivity contribution in [3.8, 4) is 23.0 Å². The smallest absolute Gasteiger partial charge is 0.343 e. The highest BCUT2D eigenvalue weighted by molar-refractivity contribution is 5.92. The zero-order valence-corrected chi connectivity index (χ0v) is 25.2. The van der Waals surface area contributed by atoms with E-state index < -0.39 is 29.7 Å². The summed E-state index contributed by atoms with van der Waals surface area (Å²) in [5.74, 6) is -2.65. The third-order valence-corrected chi connectivity index (χ3v) is 6.18. The first-order valence-electron chi connectivity index (χ1n) is 14.6. The van der Waals surface area contributed by atoms with Crippen LogP contribution in [0.3, 0.4) is 0 Å². The molecule has 0 aliphatic rings. The van der Waals surface area contributed by atoms with Crippen LogP contribution in [0.1, 0.15) is 52.8 Å². The molecule has 0 atom stereocenters. The van der Waals surface area contributed by atoms with Crippen molar-refractivity contribution < 1.29 is 52.0 Å². The molecule has 3 aromatic rings. The molecule has 0 unspecified atom stereocenters. The monoisotopic (exact) mass is 634 g/mol. The van der Waals surface area contributed by atoms with Gasteiger partial charge in [0.1, 0.15) is 17.2 Å². The number of unbranched alkanes of at least 4 members (excludes halogenated alkanes) is 3. The van der Waals surface area contributed by atoms with E-state index in [9.17, 15) is 23.6 Å². The van der Waals surface area contributed by atoms with Gasteiger partial charge in [-0.2, -0.15) is 0 Å². The van der Waals surface area contributed by atoms with Gasteiger partial charge in [-0.1, -0.05) is 13.2 Å². The first-order valence-corrected chi connectivity index (χ1v) is 14.6. The van der Waals surface area contributed by atoms with E-state index in [0.29, 0.717) is 31.1 Å². The number of carbonyl (C=O) groups is 4. The molecule has 11 heteroatoms. The summed E-state index contributed by atoms with van der Waals surface area (Å²) in [6, 6.07) is 15.8. The second-order valence-electron chi connectivity index (χ2n) is 9.63. The van der Waals surface area contributed by atoms with Crippen molar-refractivity contribution in [1.29, 1.82) is 0 Å². The Morgan fingerprint density at radius 3 is 1.54 bits per heavy atom. The normalized spacial score (nSPS) is 10.3. The van der Waals surface area contributed by atoms with Crippen molar-refractivity contribution in [3.63, 3.8) is 0 Å². The van der Waals surface area contributed by atoms with Gasteiger partial charge in [0.15, 0.2) is 11.6 Å². The maximum absolute atomic E-state index is 14.7. The van der Waals surface area contributed by atoms with Gasteiger partial charge in [-0.25, -0.2) is 23.6 Å². The van der Waals surface area contributed by atoms with Gasteiger partial charge in [0.05, 0.1) is 37.6 Å². The molecule has 242 valence electrons. The summed E-state index contributed by atoms with van der Waals surface area (Å²) in [4.78, 5) is 47.1. The third-order valence-electron chi connectivity index (χ3n) is 6.18. The van der Waals surface area contributed by atoms with E-state index >= 15 is 0 Å². The molecule has 46 heavy (non-hydrogen) atoms. The van der Waals surface area contributed by atoms with Crippen LogP contribution in [0.15, 0.2) is 92.0 Å². The molecule has 3 rings (SSSR count). The van der Waals surface area contributed by atoms with Crippen LogP contribution in [0.4, 0.5) is 4.39 Å². The van der Waals surface area contributed by atoms with Gasteiger partial charge < -0.3 is 28.4 Å². The molecular weight excluding hydrogens is 599 g/mol. The Bertz CT molecular complexity index is 1480. The maximum Gasteiger partial charge on any atom is 0.343 e. The second-order valence-corrected chi connectivity index (χ2v) is 9.63. The van der Waals surface area contributed by atoms with Crippen molar-refractivity contribution in [2.24, 2.45) is 0 Å². The Morgan fingerprint density at radius 1 is 0.565 bits per heavy atom. The topological polar surface area (TPSA) is 124 Å². The first kappa shape index (κ1) is 35.0. The number of hydrogen-bond donors (Lipinski definition) is 0. The van der Waals surface area contributed by atoms with Crippen molar-refractivity contribution in [2.75, 3.05) is 26.4 Å². The molecular formula is C35H35FO10. The number of carbonyl (C=O) groups excluding carboxylic acids is 4. The molecule has 0 saturated heterocycles. The highest BCUT2D eigenvalue weighted by Gasteiger charge is 2.15. The highest BCUT2D eigenvalue weighted by atomic mass is 19.1. The van der Waals surface area contributed by atoms with Crippen molar-refractivity contribution in [3.05, 3.63) is 109 Å². The summed E-state index contributed by atoms with van der Waals surface area (Å²) in [6.45, 7) is 7.98. The summed E-state index contributed by atoms with van der Waals surface area (Å²) in [7, 11) is 0. The number of esters is 4. The Balaban J connectivity index is 1.39. The van der Waals surface area contributed by atoms with E-state index in [1.165, 1.54) is 36.4 Å². The van der Waals surface area contributed by atoms with Crippen LogP contribution in [-0.2, 0) is 19.1 Å². The zero-order valence-electron chi connectivity index (χ0n) is 25.2. The molecule has 0 saturated carbocycles. The van der Waals surface area contributed by atoms with E-state index in [-0.39, 0.29) is 35.8 Å². The van der Waals surface area contributed by atoms with Gasteiger partial charge in [0, 0.05) is 24.6 Å². The molecule has 0 bridgehead atoms. The van der Waals surface area contributed by atoms with Crippen LogP contribution in [-0.4, -0.2) is 50.3 Å². The molecule has 0 aliphatic heterocycles. The fourth-order valence-electron chi connectivity index (χ4n) is 3.79. The lowest BCUT2D eigenvalue weighted by Crippen LogP contribution is -2.11. The maximum atomic E-state index is 14.7. The average molecular weight is 635 g/mol. The number of rotatable bonds is 19. The zero-order chi connectivity index (χ0) is 33.1. The molecule has 0 radical (unpaired) electrons. The van der Waals surface area contributed by atoms with E-state index in [1.54, 1.807) is 24.3 Å². The Kier molecular flexibility index (Phi) is 14.5. The first-order chi connectivity index (χ1) is 22.3. The van der Waals surface area contributed by atoms with Gasteiger partial charge >= 0.3 is 23.9 Å². The van der Waals surface area contributed by atoms with E-state index in [4.69, 9.17) is 28.4 Å². The molecule has 10 nitrogen and oxygen atoms in total. The van der Waals surface area contributed by atoms with Gasteiger partial charge in [0.25, 0.3) is 0 Å². The molecule has 3 aromatic carbocycles. The molecule has 0 N–H and O–H groups in total. The van der Waals surface area contributed by atoms with Crippen LogP contribution in [0.5, 0.6) is 23.0 Å². The summed E-state index contributed by atoms with van der Waals surface area (Å²) < 4.78 is 46.1. The minimum absolute atomic E-state index is 0.0670. The average Bonchev–Trinajstić information content (AvgIpc) is 3.07. The van der Waals surface area contributed by atoms with Crippen LogP contribution < -0.4 is 18.9 Å². The lowest BCUT2D eigenvalue weighted by molar-refractivity contribution is -0.138. The summed E-state index contributed by atoms with van der Waals surface area (Å²) in [5, 5.41) is 0. The third kappa shape index (κ3) is 12.3. The quantitative estimate of drug-likeness (QED) is 0.0631. The van der Waals surface area contributed by atoms with Crippen LogP contribution >= 0.6 is 0 Å². The van der Waals surface area contributed by atoms with E-state index in [2.05, 4.69) is 13.2 Å². The van der Waals surface area contributed by atoms with Crippen LogP contribution in [0.25, 0.3) is 0 Å². The number of ether oxygens (including phenoxy) is 6. The lowest BCUT2D eigenvalue weighted by atomic mass is 10.2. The van der Waals surface area contributed by atoms with Gasteiger partial charge in [-0.15, -0.1) is 0 Å². The standard InChI is InChI=1S/C35H35FO10/c1-3-32(37)43-21-8-6-5-7-20-41-27-14-10-25(11-15-27)34(39)45-29-18-19-31(30(36)24-29)46-35(40)26-12-16-28(17-13-26)42-22-9-23-44-33(38)4-2/h3-4,10-19,24H,1-2,5-9,20-23H2. The van der Waals surface area contributed by atoms with Crippen LogP contribution in [0.2, 0.25) is 0 Å². The van der Waals surface area contributed by atoms with Gasteiger partial charge in [-0.3, -0.25) is 0 Å². The second kappa shape index (κ2) is 19.0.